The van der Waals surface area contributed by atoms with Gasteiger partial charge < -0.3 is 20.0 Å². The van der Waals surface area contributed by atoms with Gasteiger partial charge in [-0.1, -0.05) is 81.4 Å². The third-order valence-electron chi connectivity index (χ3n) is 5.21. The van der Waals surface area contributed by atoms with Crippen molar-refractivity contribution in [3.63, 3.8) is 0 Å². The SMILES string of the molecule is CC(C)(C)[Si](OCC(CCCCO)NC(=O)O)(c1ccccc1)c1ccccc1. The number of amides is 1. The molecule has 0 bridgehead atoms. The normalized spacial score (nSPS) is 13.1. The molecule has 2 aromatic carbocycles. The lowest BCUT2D eigenvalue weighted by molar-refractivity contribution is 0.176. The Morgan fingerprint density at radius 1 is 1.00 bits per heavy atom. The molecule has 0 aliphatic rings. The average Bonchev–Trinajstić information content (AvgIpc) is 2.68. The van der Waals surface area contributed by atoms with Gasteiger partial charge in [0.25, 0.3) is 8.32 Å². The second-order valence-corrected chi connectivity index (χ2v) is 12.6. The van der Waals surface area contributed by atoms with E-state index in [4.69, 9.17) is 9.53 Å². The molecule has 3 N–H and O–H groups in total. The molecule has 0 aromatic heterocycles. The van der Waals surface area contributed by atoms with Crippen molar-refractivity contribution in [1.82, 2.24) is 5.32 Å². The van der Waals surface area contributed by atoms with Gasteiger partial charge in [-0.3, -0.25) is 0 Å². The first-order valence-corrected chi connectivity index (χ1v) is 12.1. The summed E-state index contributed by atoms with van der Waals surface area (Å²) < 4.78 is 6.81. The third-order valence-corrected chi connectivity index (χ3v) is 10.2. The Kier molecular flexibility index (Phi) is 8.43. The Labute approximate surface area is 174 Å². The number of unbranched alkanes of at least 4 members (excludes halogenated alkanes) is 1. The lowest BCUT2D eigenvalue weighted by Gasteiger charge is -2.43. The quantitative estimate of drug-likeness (QED) is 0.411. The summed E-state index contributed by atoms with van der Waals surface area (Å²) in [6, 6.07) is 20.3. The van der Waals surface area contributed by atoms with Crippen LogP contribution in [0.25, 0.3) is 0 Å². The van der Waals surface area contributed by atoms with Crippen LogP contribution >= 0.6 is 0 Å². The number of aliphatic hydroxyl groups excluding tert-OH is 1. The van der Waals surface area contributed by atoms with Crippen molar-refractivity contribution in [2.75, 3.05) is 13.2 Å². The molecule has 0 saturated heterocycles. The zero-order valence-electron chi connectivity index (χ0n) is 17.6. The predicted octanol–water partition coefficient (Wildman–Crippen LogP) is 3.36. The van der Waals surface area contributed by atoms with Crippen LogP contribution in [0.3, 0.4) is 0 Å². The zero-order valence-corrected chi connectivity index (χ0v) is 18.6. The van der Waals surface area contributed by atoms with Crippen LogP contribution in [0.5, 0.6) is 0 Å². The molecule has 29 heavy (non-hydrogen) atoms. The number of nitrogens with one attached hydrogen (secondary N) is 1. The molecule has 0 aliphatic carbocycles. The molecule has 0 heterocycles. The lowest BCUT2D eigenvalue weighted by Crippen LogP contribution is -2.67. The van der Waals surface area contributed by atoms with Gasteiger partial charge in [0.2, 0.25) is 0 Å². The van der Waals surface area contributed by atoms with Crippen molar-refractivity contribution in [2.24, 2.45) is 0 Å². The van der Waals surface area contributed by atoms with Gasteiger partial charge in [-0.25, -0.2) is 4.79 Å². The molecule has 0 saturated carbocycles. The summed E-state index contributed by atoms with van der Waals surface area (Å²) in [5, 5.41) is 23.1. The van der Waals surface area contributed by atoms with Crippen LogP contribution in [0, 0.1) is 0 Å². The van der Waals surface area contributed by atoms with E-state index in [1.54, 1.807) is 0 Å². The summed E-state index contributed by atoms with van der Waals surface area (Å²) in [5.41, 5.74) is 0. The molecule has 0 aliphatic heterocycles. The van der Waals surface area contributed by atoms with Crippen LogP contribution in [0.1, 0.15) is 40.0 Å². The second-order valence-electron chi connectivity index (χ2n) is 8.34. The molecule has 1 amide bonds. The van der Waals surface area contributed by atoms with E-state index >= 15 is 0 Å². The van der Waals surface area contributed by atoms with Crippen LogP contribution in [0.2, 0.25) is 5.04 Å². The number of aliphatic hydroxyl groups is 1. The highest BCUT2D eigenvalue weighted by molar-refractivity contribution is 6.99. The molecule has 6 heteroatoms. The fraction of sp³-hybridized carbons (Fsp3) is 0.435. The van der Waals surface area contributed by atoms with Gasteiger partial charge in [-0.05, 0) is 34.7 Å². The first kappa shape index (κ1) is 23.1. The van der Waals surface area contributed by atoms with Crippen molar-refractivity contribution in [1.29, 1.82) is 0 Å². The van der Waals surface area contributed by atoms with Crippen molar-refractivity contribution < 1.29 is 19.4 Å². The maximum absolute atomic E-state index is 11.3. The van der Waals surface area contributed by atoms with Gasteiger partial charge in [0.1, 0.15) is 0 Å². The molecule has 2 rings (SSSR count). The zero-order chi connectivity index (χ0) is 21.3. The molecule has 0 fully saturated rings. The number of hydrogen-bond acceptors (Lipinski definition) is 3. The van der Waals surface area contributed by atoms with Gasteiger partial charge >= 0.3 is 6.09 Å². The molecular formula is C23H33NO4Si. The minimum absolute atomic E-state index is 0.107. The molecule has 2 aromatic rings. The van der Waals surface area contributed by atoms with Crippen LogP contribution in [-0.2, 0) is 4.43 Å². The van der Waals surface area contributed by atoms with E-state index in [0.29, 0.717) is 19.4 Å². The average molecular weight is 416 g/mol. The van der Waals surface area contributed by atoms with E-state index in [1.807, 2.05) is 36.4 Å². The smallest absolute Gasteiger partial charge is 0.404 e. The molecular weight excluding hydrogens is 382 g/mol. The van der Waals surface area contributed by atoms with Gasteiger partial charge in [0.05, 0.1) is 12.6 Å². The number of hydrogen-bond donors (Lipinski definition) is 3. The van der Waals surface area contributed by atoms with E-state index in [9.17, 15) is 9.90 Å². The Morgan fingerprint density at radius 3 is 1.93 bits per heavy atom. The number of carbonyl (C=O) groups is 1. The fourth-order valence-electron chi connectivity index (χ4n) is 3.86. The highest BCUT2D eigenvalue weighted by Gasteiger charge is 2.50. The van der Waals surface area contributed by atoms with Crippen LogP contribution in [-0.4, -0.2) is 43.9 Å². The van der Waals surface area contributed by atoms with E-state index in [-0.39, 0.29) is 17.7 Å². The van der Waals surface area contributed by atoms with Gasteiger partial charge in [0.15, 0.2) is 0 Å². The maximum Gasteiger partial charge on any atom is 0.404 e. The van der Waals surface area contributed by atoms with Crippen LogP contribution < -0.4 is 15.7 Å². The van der Waals surface area contributed by atoms with E-state index < -0.39 is 14.4 Å². The Morgan fingerprint density at radius 2 is 1.52 bits per heavy atom. The summed E-state index contributed by atoms with van der Waals surface area (Å²) in [6.45, 7) is 7.00. The van der Waals surface area contributed by atoms with Crippen LogP contribution in [0.15, 0.2) is 60.7 Å². The van der Waals surface area contributed by atoms with Crippen molar-refractivity contribution in [3.8, 4) is 0 Å². The summed E-state index contributed by atoms with van der Waals surface area (Å²) in [6.07, 6.45) is 0.971. The topological polar surface area (TPSA) is 78.8 Å². The second kappa shape index (κ2) is 10.6. The number of benzene rings is 2. The third kappa shape index (κ3) is 5.92. The van der Waals surface area contributed by atoms with Crippen LogP contribution in [0.4, 0.5) is 4.79 Å². The summed E-state index contributed by atoms with van der Waals surface area (Å²) in [5.74, 6) is 0. The minimum Gasteiger partial charge on any atom is -0.465 e. The summed E-state index contributed by atoms with van der Waals surface area (Å²) in [7, 11) is -2.69. The minimum atomic E-state index is -2.69. The molecule has 1 atom stereocenters. The molecule has 158 valence electrons. The summed E-state index contributed by atoms with van der Waals surface area (Å²) >= 11 is 0. The van der Waals surface area contributed by atoms with E-state index in [0.717, 1.165) is 6.42 Å². The van der Waals surface area contributed by atoms with E-state index in [1.165, 1.54) is 10.4 Å². The Hall–Kier alpha value is -2.15. The molecule has 0 spiro atoms. The van der Waals surface area contributed by atoms with Gasteiger partial charge in [0, 0.05) is 6.61 Å². The van der Waals surface area contributed by atoms with Gasteiger partial charge in [-0.15, -0.1) is 0 Å². The molecule has 5 nitrogen and oxygen atoms in total. The standard InChI is InChI=1S/C23H33NO4Si/c1-23(2,3)29(20-13-6-4-7-14-20,21-15-8-5-9-16-21)28-18-19(24-22(26)27)12-10-11-17-25/h4-9,13-16,19,24-25H,10-12,17-18H2,1-3H3,(H,26,27). The highest BCUT2D eigenvalue weighted by Crippen LogP contribution is 2.36. The van der Waals surface area contributed by atoms with Gasteiger partial charge in [-0.2, -0.15) is 0 Å². The van der Waals surface area contributed by atoms with E-state index in [2.05, 4.69) is 50.4 Å². The first-order valence-electron chi connectivity index (χ1n) is 10.2. The van der Waals surface area contributed by atoms with Crippen molar-refractivity contribution in [2.45, 2.75) is 51.1 Å². The first-order chi connectivity index (χ1) is 13.8. The van der Waals surface area contributed by atoms with Crippen molar-refractivity contribution >= 4 is 24.8 Å². The number of carboxylic acid groups (broad SMARTS) is 1. The number of rotatable bonds is 10. The highest BCUT2D eigenvalue weighted by atomic mass is 28.4. The fourth-order valence-corrected chi connectivity index (χ4v) is 8.47. The predicted molar refractivity (Wildman–Crippen MR) is 119 cm³/mol. The largest absolute Gasteiger partial charge is 0.465 e. The molecule has 1 unspecified atom stereocenters. The van der Waals surface area contributed by atoms with Crippen molar-refractivity contribution in [3.05, 3.63) is 60.7 Å². The Balaban J connectivity index is 2.42. The monoisotopic (exact) mass is 415 g/mol. The Bertz CT molecular complexity index is 707. The lowest BCUT2D eigenvalue weighted by atomic mass is 10.1. The molecule has 0 radical (unpaired) electrons. The summed E-state index contributed by atoms with van der Waals surface area (Å²) in [4.78, 5) is 11.3. The maximum atomic E-state index is 11.3.